The minimum atomic E-state index is 0.0162. The first-order valence-corrected chi connectivity index (χ1v) is 11.8. The van der Waals surface area contributed by atoms with Gasteiger partial charge >= 0.3 is 0 Å². The number of amides is 1. The fourth-order valence-corrected chi connectivity index (χ4v) is 5.73. The Morgan fingerprint density at radius 1 is 1.13 bits per heavy atom. The lowest BCUT2D eigenvalue weighted by Gasteiger charge is -2.42. The summed E-state index contributed by atoms with van der Waals surface area (Å²) >= 11 is 0. The van der Waals surface area contributed by atoms with Gasteiger partial charge in [-0.3, -0.25) is 19.2 Å². The van der Waals surface area contributed by atoms with Crippen LogP contribution in [0.15, 0.2) is 23.0 Å². The van der Waals surface area contributed by atoms with E-state index in [1.54, 1.807) is 0 Å². The molecular formula is C24H33N5O2. The molecule has 2 saturated heterocycles. The van der Waals surface area contributed by atoms with Gasteiger partial charge in [0.25, 0.3) is 11.5 Å². The SMILES string of the molecule is CCn1nc(C(=O)N2C[C@@H]3C[C@H](C2)c2ccc(CN4CCCCC4)c(=O)n2C3)cc1C. The molecule has 1 amide bonds. The third-order valence-corrected chi connectivity index (χ3v) is 7.31. The average molecular weight is 424 g/mol. The van der Waals surface area contributed by atoms with Crippen molar-refractivity contribution < 1.29 is 4.79 Å². The molecule has 0 aromatic carbocycles. The molecule has 3 aliphatic heterocycles. The van der Waals surface area contributed by atoms with E-state index in [-0.39, 0.29) is 17.4 Å². The maximum atomic E-state index is 13.3. The smallest absolute Gasteiger partial charge is 0.274 e. The third-order valence-electron chi connectivity index (χ3n) is 7.31. The average Bonchev–Trinajstić information content (AvgIpc) is 3.16. The molecule has 0 aliphatic carbocycles. The summed E-state index contributed by atoms with van der Waals surface area (Å²) in [5, 5.41) is 4.49. The normalized spacial score (nSPS) is 23.6. The summed E-state index contributed by atoms with van der Waals surface area (Å²) in [5.41, 5.74) is 3.74. The van der Waals surface area contributed by atoms with Gasteiger partial charge in [0.15, 0.2) is 5.69 Å². The summed E-state index contributed by atoms with van der Waals surface area (Å²) in [6, 6.07) is 6.07. The lowest BCUT2D eigenvalue weighted by atomic mass is 9.83. The zero-order chi connectivity index (χ0) is 21.5. The van der Waals surface area contributed by atoms with Gasteiger partial charge in [0.1, 0.15) is 0 Å². The van der Waals surface area contributed by atoms with E-state index in [1.807, 2.05) is 40.1 Å². The van der Waals surface area contributed by atoms with Crippen molar-refractivity contribution in [2.45, 2.75) is 65.1 Å². The molecule has 0 saturated carbocycles. The molecule has 7 nitrogen and oxygen atoms in total. The van der Waals surface area contributed by atoms with Gasteiger partial charge in [0.05, 0.1) is 0 Å². The van der Waals surface area contributed by atoms with Gasteiger partial charge in [0, 0.05) is 55.6 Å². The lowest BCUT2D eigenvalue weighted by Crippen LogP contribution is -2.49. The van der Waals surface area contributed by atoms with E-state index >= 15 is 0 Å². The van der Waals surface area contributed by atoms with Crippen molar-refractivity contribution in [3.8, 4) is 0 Å². The molecule has 0 unspecified atom stereocenters. The predicted molar refractivity (Wildman–Crippen MR) is 119 cm³/mol. The molecule has 2 atom stereocenters. The van der Waals surface area contributed by atoms with Crippen molar-refractivity contribution in [3.63, 3.8) is 0 Å². The first-order chi connectivity index (χ1) is 15.0. The second kappa shape index (κ2) is 8.26. The van der Waals surface area contributed by atoms with Crippen LogP contribution in [0.4, 0.5) is 0 Å². The van der Waals surface area contributed by atoms with E-state index in [1.165, 1.54) is 19.3 Å². The highest BCUT2D eigenvalue weighted by Crippen LogP contribution is 2.35. The number of hydrogen-bond donors (Lipinski definition) is 0. The summed E-state index contributed by atoms with van der Waals surface area (Å²) in [6.07, 6.45) is 4.82. The van der Waals surface area contributed by atoms with Crippen LogP contribution in [0.3, 0.4) is 0 Å². The zero-order valence-corrected chi connectivity index (χ0v) is 18.7. The molecule has 7 heteroatoms. The summed E-state index contributed by atoms with van der Waals surface area (Å²) in [5.74, 6) is 0.567. The Hall–Kier alpha value is -2.41. The Bertz CT molecular complexity index is 1030. The van der Waals surface area contributed by atoms with Crippen molar-refractivity contribution in [1.29, 1.82) is 0 Å². The number of aromatic nitrogens is 3. The molecule has 0 spiro atoms. The quantitative estimate of drug-likeness (QED) is 0.758. The summed E-state index contributed by atoms with van der Waals surface area (Å²) < 4.78 is 3.88. The Morgan fingerprint density at radius 2 is 1.94 bits per heavy atom. The second-order valence-electron chi connectivity index (χ2n) is 9.53. The molecule has 2 aromatic heterocycles. The van der Waals surface area contributed by atoms with Gasteiger partial charge < -0.3 is 9.47 Å². The highest BCUT2D eigenvalue weighted by Gasteiger charge is 2.37. The summed E-state index contributed by atoms with van der Waals surface area (Å²) in [7, 11) is 0. The second-order valence-corrected chi connectivity index (χ2v) is 9.53. The van der Waals surface area contributed by atoms with Crippen LogP contribution < -0.4 is 5.56 Å². The van der Waals surface area contributed by atoms with Crippen LogP contribution in [0.25, 0.3) is 0 Å². The maximum Gasteiger partial charge on any atom is 0.274 e. The fraction of sp³-hybridized carbons (Fsp3) is 0.625. The van der Waals surface area contributed by atoms with E-state index < -0.39 is 0 Å². The van der Waals surface area contributed by atoms with Gasteiger partial charge in [-0.05, 0) is 64.3 Å². The van der Waals surface area contributed by atoms with Crippen molar-refractivity contribution in [2.24, 2.45) is 5.92 Å². The fourth-order valence-electron chi connectivity index (χ4n) is 5.73. The van der Waals surface area contributed by atoms with E-state index in [4.69, 9.17) is 0 Å². The number of rotatable bonds is 4. The van der Waals surface area contributed by atoms with E-state index in [9.17, 15) is 9.59 Å². The van der Waals surface area contributed by atoms with Crippen LogP contribution in [0.5, 0.6) is 0 Å². The Balaban J connectivity index is 1.36. The number of hydrogen-bond acceptors (Lipinski definition) is 4. The van der Waals surface area contributed by atoms with Crippen LogP contribution in [0, 0.1) is 12.8 Å². The minimum Gasteiger partial charge on any atom is -0.336 e. The minimum absolute atomic E-state index is 0.0162. The Labute approximate surface area is 183 Å². The molecule has 3 aliphatic rings. The standard InChI is InChI=1S/C24H33N5O2/c1-3-29-17(2)11-21(25-29)24(31)27-13-18-12-20(16-27)22-8-7-19(23(30)28(22)14-18)15-26-9-5-4-6-10-26/h7-8,11,18,20H,3-6,9-10,12-16H2,1-2H3/t18-,20+/m0/s1. The van der Waals surface area contributed by atoms with Crippen molar-refractivity contribution in [2.75, 3.05) is 26.2 Å². The largest absolute Gasteiger partial charge is 0.336 e. The first-order valence-electron chi connectivity index (χ1n) is 11.8. The Kier molecular flexibility index (Phi) is 5.46. The molecule has 2 aromatic rings. The number of pyridine rings is 1. The third kappa shape index (κ3) is 3.84. The zero-order valence-electron chi connectivity index (χ0n) is 18.7. The molecule has 5 heterocycles. The highest BCUT2D eigenvalue weighted by molar-refractivity contribution is 5.92. The van der Waals surface area contributed by atoms with Gasteiger partial charge in [-0.15, -0.1) is 0 Å². The number of nitrogens with zero attached hydrogens (tertiary/aromatic N) is 5. The Morgan fingerprint density at radius 3 is 2.68 bits per heavy atom. The highest BCUT2D eigenvalue weighted by atomic mass is 16.2. The number of likely N-dealkylation sites (tertiary alicyclic amines) is 2. The molecular weight excluding hydrogens is 390 g/mol. The number of fused-ring (bicyclic) bond motifs is 4. The van der Waals surface area contributed by atoms with Crippen molar-refractivity contribution in [3.05, 3.63) is 51.2 Å². The first kappa shape index (κ1) is 20.5. The van der Waals surface area contributed by atoms with Gasteiger partial charge in [0.2, 0.25) is 0 Å². The number of aryl methyl sites for hydroxylation is 2. The lowest BCUT2D eigenvalue weighted by molar-refractivity contribution is 0.0587. The van der Waals surface area contributed by atoms with E-state index in [0.717, 1.165) is 49.6 Å². The van der Waals surface area contributed by atoms with Crippen LogP contribution in [-0.2, 0) is 19.6 Å². The van der Waals surface area contributed by atoms with Crippen LogP contribution in [0.2, 0.25) is 0 Å². The van der Waals surface area contributed by atoms with E-state index in [0.29, 0.717) is 31.2 Å². The summed E-state index contributed by atoms with van der Waals surface area (Å²) in [6.45, 7) is 9.82. The molecule has 0 N–H and O–H groups in total. The molecule has 0 radical (unpaired) electrons. The topological polar surface area (TPSA) is 63.4 Å². The number of piperidine rings is 2. The molecule has 2 fully saturated rings. The van der Waals surface area contributed by atoms with Crippen LogP contribution in [-0.4, -0.2) is 56.2 Å². The van der Waals surface area contributed by atoms with Crippen LogP contribution in [0.1, 0.15) is 66.0 Å². The van der Waals surface area contributed by atoms with Gasteiger partial charge in [-0.2, -0.15) is 5.10 Å². The monoisotopic (exact) mass is 423 g/mol. The maximum absolute atomic E-state index is 13.3. The predicted octanol–water partition coefficient (Wildman–Crippen LogP) is 2.62. The molecule has 31 heavy (non-hydrogen) atoms. The molecule has 166 valence electrons. The number of carbonyl (C=O) groups is 1. The van der Waals surface area contributed by atoms with Gasteiger partial charge in [-0.25, -0.2) is 0 Å². The van der Waals surface area contributed by atoms with Crippen LogP contribution >= 0.6 is 0 Å². The summed E-state index contributed by atoms with van der Waals surface area (Å²) in [4.78, 5) is 30.8. The number of carbonyl (C=O) groups excluding carboxylic acids is 1. The molecule has 5 rings (SSSR count). The molecule has 2 bridgehead atoms. The van der Waals surface area contributed by atoms with E-state index in [2.05, 4.69) is 16.1 Å². The van der Waals surface area contributed by atoms with Crippen molar-refractivity contribution in [1.82, 2.24) is 24.1 Å². The van der Waals surface area contributed by atoms with Crippen molar-refractivity contribution >= 4 is 5.91 Å². The van der Waals surface area contributed by atoms with Gasteiger partial charge in [-0.1, -0.05) is 12.5 Å².